The first kappa shape index (κ1) is 41.2. The van der Waals surface area contributed by atoms with E-state index in [4.69, 9.17) is 15.9 Å². The van der Waals surface area contributed by atoms with Crippen LogP contribution in [0.15, 0.2) is 54.6 Å². The monoisotopic (exact) mass is 693 g/mol. The molecule has 3 unspecified atom stereocenters. The number of esters is 1. The van der Waals surface area contributed by atoms with Gasteiger partial charge in [0.25, 0.3) is 0 Å². The number of terminal acetylenes is 1. The predicted octanol–water partition coefficient (Wildman–Crippen LogP) is 6.79. The number of amides is 3. The second-order valence-electron chi connectivity index (χ2n) is 14.1. The van der Waals surface area contributed by atoms with Crippen molar-refractivity contribution in [3.05, 3.63) is 71.3 Å². The van der Waals surface area contributed by atoms with Gasteiger partial charge in [0.1, 0.15) is 29.3 Å². The van der Waals surface area contributed by atoms with Crippen LogP contribution in [-0.4, -0.2) is 64.4 Å². The first-order valence-corrected chi connectivity index (χ1v) is 17.8. The van der Waals surface area contributed by atoms with Gasteiger partial charge in [-0.15, -0.1) is 6.42 Å². The van der Waals surface area contributed by atoms with Gasteiger partial charge in [0, 0.05) is 24.3 Å². The Morgan fingerprint density at radius 3 is 1.96 bits per heavy atom. The highest BCUT2D eigenvalue weighted by molar-refractivity contribution is 7.80. The van der Waals surface area contributed by atoms with Gasteiger partial charge in [0.2, 0.25) is 11.8 Å². The van der Waals surface area contributed by atoms with E-state index in [-0.39, 0.29) is 18.7 Å². The molecular weight excluding hydrogens is 639 g/mol. The third-order valence-corrected chi connectivity index (χ3v) is 7.82. The number of rotatable bonds is 17. The molecule has 0 aliphatic carbocycles. The maximum atomic E-state index is 14.5. The van der Waals surface area contributed by atoms with Gasteiger partial charge in [-0.1, -0.05) is 87.4 Å². The molecule has 0 radical (unpaired) electrons. The number of ether oxygens (including phenoxy) is 2. The summed E-state index contributed by atoms with van der Waals surface area (Å²) in [4.78, 5) is 56.7. The molecule has 2 rings (SSSR count). The van der Waals surface area contributed by atoms with Gasteiger partial charge in [-0.3, -0.25) is 9.59 Å². The minimum atomic E-state index is -1.17. The Balaban J connectivity index is 2.59. The summed E-state index contributed by atoms with van der Waals surface area (Å²) < 4.78 is 11.1. The lowest BCUT2D eigenvalue weighted by Crippen LogP contribution is -2.55. The lowest BCUT2D eigenvalue weighted by molar-refractivity contribution is -0.159. The van der Waals surface area contributed by atoms with Crippen LogP contribution in [0.4, 0.5) is 4.79 Å². The summed E-state index contributed by atoms with van der Waals surface area (Å²) in [6.07, 6.45) is 10.7. The largest absolute Gasteiger partial charge is 0.458 e. The highest BCUT2D eigenvalue weighted by Gasteiger charge is 2.38. The SMILES string of the molecule is C#Cc1ccc(C(C(=O)NC(Cc2ccccc2)C(=O)OC(C)(C)C)N(CCCCCCCC)C(=O)C(CS)NC(=O)OC(C)(C)C)cc1. The van der Waals surface area contributed by atoms with E-state index in [2.05, 4.69) is 36.1 Å². The molecule has 268 valence electrons. The number of unbranched alkanes of at least 4 members (excludes halogenated alkanes) is 5. The number of nitrogens with zero attached hydrogens (tertiary/aromatic N) is 1. The van der Waals surface area contributed by atoms with E-state index in [0.717, 1.165) is 37.7 Å². The van der Waals surface area contributed by atoms with E-state index < -0.39 is 53.2 Å². The Morgan fingerprint density at radius 2 is 1.41 bits per heavy atom. The van der Waals surface area contributed by atoms with Crippen LogP contribution in [0.5, 0.6) is 0 Å². The topological polar surface area (TPSA) is 114 Å². The molecule has 0 spiro atoms. The molecule has 2 aromatic rings. The van der Waals surface area contributed by atoms with E-state index in [9.17, 15) is 19.2 Å². The van der Waals surface area contributed by atoms with E-state index in [0.29, 0.717) is 17.5 Å². The fourth-order valence-corrected chi connectivity index (χ4v) is 5.41. The average molecular weight is 694 g/mol. The van der Waals surface area contributed by atoms with Crippen LogP contribution in [0.3, 0.4) is 0 Å². The van der Waals surface area contributed by atoms with Crippen molar-refractivity contribution in [3.8, 4) is 12.3 Å². The van der Waals surface area contributed by atoms with Gasteiger partial charge >= 0.3 is 12.1 Å². The van der Waals surface area contributed by atoms with Crippen molar-refractivity contribution in [1.82, 2.24) is 15.5 Å². The molecule has 3 atom stereocenters. The van der Waals surface area contributed by atoms with Crippen LogP contribution in [0.1, 0.15) is 110 Å². The van der Waals surface area contributed by atoms with E-state index in [1.165, 1.54) is 4.90 Å². The molecule has 10 heteroatoms. The molecule has 0 aromatic heterocycles. The zero-order valence-electron chi connectivity index (χ0n) is 30.2. The van der Waals surface area contributed by atoms with Crippen molar-refractivity contribution < 1.29 is 28.7 Å². The van der Waals surface area contributed by atoms with Gasteiger partial charge in [-0.05, 0) is 71.2 Å². The maximum absolute atomic E-state index is 14.5. The minimum Gasteiger partial charge on any atom is -0.458 e. The number of benzene rings is 2. The van der Waals surface area contributed by atoms with Crippen molar-refractivity contribution in [2.45, 2.75) is 123 Å². The Morgan fingerprint density at radius 1 is 0.816 bits per heavy atom. The second-order valence-corrected chi connectivity index (χ2v) is 14.5. The van der Waals surface area contributed by atoms with E-state index >= 15 is 0 Å². The molecule has 49 heavy (non-hydrogen) atoms. The van der Waals surface area contributed by atoms with Crippen LogP contribution in [-0.2, 0) is 30.3 Å². The number of hydrogen-bond donors (Lipinski definition) is 3. The lowest BCUT2D eigenvalue weighted by atomic mass is 9.99. The molecule has 0 heterocycles. The molecule has 0 saturated carbocycles. The van der Waals surface area contributed by atoms with Gasteiger partial charge in [0.05, 0.1) is 0 Å². The molecule has 9 nitrogen and oxygen atoms in total. The normalized spacial score (nSPS) is 13.3. The van der Waals surface area contributed by atoms with Gasteiger partial charge < -0.3 is 25.0 Å². The summed E-state index contributed by atoms with van der Waals surface area (Å²) in [6, 6.07) is 12.8. The smallest absolute Gasteiger partial charge is 0.408 e. The molecule has 0 aliphatic rings. The average Bonchev–Trinajstić information content (AvgIpc) is 3.03. The Kier molecular flexibility index (Phi) is 16.7. The summed E-state index contributed by atoms with van der Waals surface area (Å²) in [6.45, 7) is 12.8. The zero-order valence-corrected chi connectivity index (χ0v) is 31.1. The standard InChI is InChI=1S/C39H55N3O6S/c1-9-11-12-13-14-18-25-42(35(44)32(27-49)41-37(46)48-39(6,7)8)33(30-23-21-28(10-2)22-24-30)34(43)40-31(36(45)47-38(3,4)5)26-29-19-16-15-17-20-29/h2,15-17,19-24,31-33,49H,9,11-14,18,25-27H2,1,3-8H3,(H,40,43)(H,41,46). The highest BCUT2D eigenvalue weighted by Crippen LogP contribution is 2.25. The molecule has 0 fully saturated rings. The Labute approximate surface area is 298 Å². The minimum absolute atomic E-state index is 0.0377. The van der Waals surface area contributed by atoms with E-state index in [1.54, 1.807) is 65.8 Å². The lowest BCUT2D eigenvalue weighted by Gasteiger charge is -2.35. The quantitative estimate of drug-likeness (QED) is 0.0728. The number of hydrogen-bond acceptors (Lipinski definition) is 7. The van der Waals surface area contributed by atoms with Crippen molar-refractivity contribution in [1.29, 1.82) is 0 Å². The number of carbonyl (C=O) groups is 4. The number of nitrogens with one attached hydrogen (secondary N) is 2. The predicted molar refractivity (Wildman–Crippen MR) is 197 cm³/mol. The number of thiol groups is 1. The van der Waals surface area contributed by atoms with Crippen molar-refractivity contribution in [2.24, 2.45) is 0 Å². The van der Waals surface area contributed by atoms with Crippen LogP contribution in [0, 0.1) is 12.3 Å². The molecule has 0 saturated heterocycles. The van der Waals surface area contributed by atoms with Crippen LogP contribution < -0.4 is 10.6 Å². The maximum Gasteiger partial charge on any atom is 0.408 e. The zero-order chi connectivity index (χ0) is 36.6. The van der Waals surface area contributed by atoms with Crippen molar-refractivity contribution in [3.63, 3.8) is 0 Å². The van der Waals surface area contributed by atoms with Gasteiger partial charge in [-0.25, -0.2) is 9.59 Å². The van der Waals surface area contributed by atoms with Crippen molar-refractivity contribution >= 4 is 36.5 Å². The fraction of sp³-hybridized carbons (Fsp3) is 0.538. The molecule has 3 amide bonds. The Bertz CT molecular complexity index is 1390. The number of alkyl carbamates (subject to hydrolysis) is 1. The molecule has 0 bridgehead atoms. The molecule has 2 N–H and O–H groups in total. The van der Waals surface area contributed by atoms with E-state index in [1.807, 2.05) is 30.3 Å². The van der Waals surface area contributed by atoms with Crippen LogP contribution in [0.2, 0.25) is 0 Å². The Hall–Kier alpha value is -3.97. The molecule has 0 aliphatic heterocycles. The molecule has 2 aromatic carbocycles. The summed E-state index contributed by atoms with van der Waals surface area (Å²) >= 11 is 4.39. The van der Waals surface area contributed by atoms with Gasteiger partial charge in [-0.2, -0.15) is 12.6 Å². The third kappa shape index (κ3) is 15.0. The summed E-state index contributed by atoms with van der Waals surface area (Å²) in [7, 11) is 0. The summed E-state index contributed by atoms with van der Waals surface area (Å²) in [5, 5.41) is 5.56. The van der Waals surface area contributed by atoms with Crippen LogP contribution >= 0.6 is 12.6 Å². The third-order valence-electron chi connectivity index (χ3n) is 7.45. The fourth-order valence-electron chi connectivity index (χ4n) is 5.17. The molecular formula is C39H55N3O6S. The van der Waals surface area contributed by atoms with Gasteiger partial charge in [0.15, 0.2) is 0 Å². The first-order valence-electron chi connectivity index (χ1n) is 17.1. The first-order chi connectivity index (χ1) is 23.1. The summed E-state index contributed by atoms with van der Waals surface area (Å²) in [5.74, 6) is 0.866. The second kappa shape index (κ2) is 19.9. The number of carbonyl (C=O) groups excluding carboxylic acids is 4. The summed E-state index contributed by atoms with van der Waals surface area (Å²) in [5.41, 5.74) is 0.336. The van der Waals surface area contributed by atoms with Crippen molar-refractivity contribution in [2.75, 3.05) is 12.3 Å². The van der Waals surface area contributed by atoms with Crippen LogP contribution in [0.25, 0.3) is 0 Å². The highest BCUT2D eigenvalue weighted by atomic mass is 32.1.